The second-order valence-electron chi connectivity index (χ2n) is 11.8. The lowest BCUT2D eigenvalue weighted by Gasteiger charge is -2.11. The first-order valence-corrected chi connectivity index (χ1v) is 15.4. The van der Waals surface area contributed by atoms with Crippen molar-refractivity contribution in [3.63, 3.8) is 0 Å². The number of para-hydroxylation sites is 4. The standard InChI is InChI=1S/C42H26N2O/c1-2-11-30(12-3-1)44-38-19-10-16-32(40(38)41-35-15-6-9-20-39(35)45-42(41)44)29-22-21-28-26-31(24-23-27(28)25-29)43-36-17-7-4-13-33(36)34-14-5-8-18-37(34)43/h1-26H. The molecular weight excluding hydrogens is 548 g/mol. The normalized spacial score (nSPS) is 12.0. The van der Waals surface area contributed by atoms with E-state index in [9.17, 15) is 0 Å². The number of rotatable bonds is 3. The van der Waals surface area contributed by atoms with Crippen LogP contribution in [0.15, 0.2) is 162 Å². The van der Waals surface area contributed by atoms with Crippen LogP contribution in [0.1, 0.15) is 0 Å². The fourth-order valence-electron chi connectivity index (χ4n) is 7.34. The summed E-state index contributed by atoms with van der Waals surface area (Å²) in [6.07, 6.45) is 0. The summed E-state index contributed by atoms with van der Waals surface area (Å²) >= 11 is 0. The molecule has 45 heavy (non-hydrogen) atoms. The number of nitrogens with zero attached hydrogens (tertiary/aromatic N) is 2. The van der Waals surface area contributed by atoms with Crippen LogP contribution in [0.5, 0.6) is 0 Å². The third-order valence-electron chi connectivity index (χ3n) is 9.30. The Morgan fingerprint density at radius 1 is 0.400 bits per heavy atom. The van der Waals surface area contributed by atoms with E-state index in [2.05, 4.69) is 161 Å². The van der Waals surface area contributed by atoms with Crippen LogP contribution >= 0.6 is 0 Å². The molecule has 0 amide bonds. The fraction of sp³-hybridized carbons (Fsp3) is 0. The van der Waals surface area contributed by atoms with Gasteiger partial charge in [0, 0.05) is 32.9 Å². The van der Waals surface area contributed by atoms with E-state index in [1.807, 2.05) is 6.07 Å². The average Bonchev–Trinajstić information content (AvgIpc) is 3.75. The SMILES string of the molecule is c1ccc(-n2c3cccc(-c4ccc5cc(-n6c7ccccc7c7ccccc76)ccc5c4)c3c3c4ccccc4oc32)cc1. The average molecular weight is 575 g/mol. The summed E-state index contributed by atoms with van der Waals surface area (Å²) in [6.45, 7) is 0. The number of hydrogen-bond donors (Lipinski definition) is 0. The molecule has 0 unspecified atom stereocenters. The number of fused-ring (bicyclic) bond motifs is 9. The third kappa shape index (κ3) is 3.46. The molecule has 0 aliphatic heterocycles. The molecule has 0 bridgehead atoms. The first kappa shape index (κ1) is 24.4. The summed E-state index contributed by atoms with van der Waals surface area (Å²) in [6, 6.07) is 56.5. The Hall–Kier alpha value is -6.06. The Morgan fingerprint density at radius 2 is 1.04 bits per heavy atom. The molecule has 10 aromatic rings. The molecule has 3 heteroatoms. The highest BCUT2D eigenvalue weighted by Gasteiger charge is 2.22. The van der Waals surface area contributed by atoms with Crippen molar-refractivity contribution in [2.24, 2.45) is 0 Å². The predicted molar refractivity (Wildman–Crippen MR) is 188 cm³/mol. The predicted octanol–water partition coefficient (Wildman–Crippen LogP) is 11.4. The molecule has 3 aromatic heterocycles. The second-order valence-corrected chi connectivity index (χ2v) is 11.8. The minimum Gasteiger partial charge on any atom is -0.439 e. The van der Waals surface area contributed by atoms with Gasteiger partial charge in [0.25, 0.3) is 0 Å². The monoisotopic (exact) mass is 574 g/mol. The molecule has 3 heterocycles. The van der Waals surface area contributed by atoms with Gasteiger partial charge in [-0.1, -0.05) is 103 Å². The molecule has 3 nitrogen and oxygen atoms in total. The van der Waals surface area contributed by atoms with E-state index < -0.39 is 0 Å². The van der Waals surface area contributed by atoms with Crippen LogP contribution in [0.25, 0.3) is 88.1 Å². The molecule has 0 saturated carbocycles. The van der Waals surface area contributed by atoms with Crippen molar-refractivity contribution >= 4 is 65.6 Å². The maximum Gasteiger partial charge on any atom is 0.213 e. The minimum atomic E-state index is 0.876. The number of aromatic nitrogens is 2. The van der Waals surface area contributed by atoms with E-state index in [-0.39, 0.29) is 0 Å². The van der Waals surface area contributed by atoms with Gasteiger partial charge in [-0.15, -0.1) is 0 Å². The van der Waals surface area contributed by atoms with E-state index in [0.717, 1.165) is 33.3 Å². The summed E-state index contributed by atoms with van der Waals surface area (Å²) in [5, 5.41) is 8.48. The summed E-state index contributed by atoms with van der Waals surface area (Å²) in [5.41, 5.74) is 10.0. The molecule has 210 valence electrons. The molecule has 7 aromatic carbocycles. The second kappa shape index (κ2) is 9.22. The van der Waals surface area contributed by atoms with Crippen LogP contribution < -0.4 is 0 Å². The highest BCUT2D eigenvalue weighted by Crippen LogP contribution is 2.43. The van der Waals surface area contributed by atoms with Crippen molar-refractivity contribution < 1.29 is 4.42 Å². The summed E-state index contributed by atoms with van der Waals surface area (Å²) in [7, 11) is 0. The molecule has 0 spiro atoms. The van der Waals surface area contributed by atoms with Crippen LogP contribution in [-0.4, -0.2) is 9.13 Å². The molecule has 10 rings (SSSR count). The summed E-state index contributed by atoms with van der Waals surface area (Å²) in [4.78, 5) is 0. The first-order chi connectivity index (χ1) is 22.3. The van der Waals surface area contributed by atoms with Gasteiger partial charge >= 0.3 is 0 Å². The van der Waals surface area contributed by atoms with Crippen molar-refractivity contribution in [1.29, 1.82) is 0 Å². The Balaban J connectivity index is 1.20. The van der Waals surface area contributed by atoms with E-state index in [1.54, 1.807) is 0 Å². The van der Waals surface area contributed by atoms with Crippen LogP contribution in [0.2, 0.25) is 0 Å². The zero-order valence-electron chi connectivity index (χ0n) is 24.3. The van der Waals surface area contributed by atoms with Crippen molar-refractivity contribution in [3.8, 4) is 22.5 Å². The van der Waals surface area contributed by atoms with Crippen LogP contribution in [0, 0.1) is 0 Å². The lowest BCUT2D eigenvalue weighted by atomic mass is 9.96. The molecule has 0 aliphatic rings. The Labute approximate surface area is 258 Å². The number of hydrogen-bond acceptors (Lipinski definition) is 1. The third-order valence-corrected chi connectivity index (χ3v) is 9.30. The smallest absolute Gasteiger partial charge is 0.213 e. The van der Waals surface area contributed by atoms with Gasteiger partial charge < -0.3 is 8.98 Å². The minimum absolute atomic E-state index is 0.876. The van der Waals surface area contributed by atoms with Crippen molar-refractivity contribution in [2.75, 3.05) is 0 Å². The zero-order valence-corrected chi connectivity index (χ0v) is 24.3. The molecule has 0 fully saturated rings. The van der Waals surface area contributed by atoms with Gasteiger partial charge in [0.2, 0.25) is 5.71 Å². The lowest BCUT2D eigenvalue weighted by Crippen LogP contribution is -1.94. The zero-order chi connectivity index (χ0) is 29.5. The quantitative estimate of drug-likeness (QED) is 0.206. The highest BCUT2D eigenvalue weighted by molar-refractivity contribution is 6.24. The molecule has 0 aliphatic carbocycles. The molecule has 0 radical (unpaired) electrons. The van der Waals surface area contributed by atoms with Crippen molar-refractivity contribution in [2.45, 2.75) is 0 Å². The number of furan rings is 1. The molecule has 0 N–H and O–H groups in total. The molecule has 0 saturated heterocycles. The maximum atomic E-state index is 6.55. The summed E-state index contributed by atoms with van der Waals surface area (Å²) < 4.78 is 11.2. The van der Waals surface area contributed by atoms with Gasteiger partial charge in [0.15, 0.2) is 0 Å². The van der Waals surface area contributed by atoms with E-state index >= 15 is 0 Å². The first-order valence-electron chi connectivity index (χ1n) is 15.4. The van der Waals surface area contributed by atoms with Crippen molar-refractivity contribution in [3.05, 3.63) is 158 Å². The van der Waals surface area contributed by atoms with E-state index in [0.29, 0.717) is 0 Å². The van der Waals surface area contributed by atoms with E-state index in [4.69, 9.17) is 4.42 Å². The Morgan fingerprint density at radius 3 is 1.84 bits per heavy atom. The van der Waals surface area contributed by atoms with Gasteiger partial charge in [-0.05, 0) is 76.5 Å². The molecule has 0 atom stereocenters. The van der Waals surface area contributed by atoms with Gasteiger partial charge in [0.1, 0.15) is 5.58 Å². The van der Waals surface area contributed by atoms with Gasteiger partial charge in [-0.2, -0.15) is 0 Å². The van der Waals surface area contributed by atoms with Gasteiger partial charge in [-0.25, -0.2) is 0 Å². The Kier molecular flexibility index (Phi) is 5.00. The number of benzene rings is 7. The highest BCUT2D eigenvalue weighted by atomic mass is 16.3. The lowest BCUT2D eigenvalue weighted by molar-refractivity contribution is 0.645. The topological polar surface area (TPSA) is 23.0 Å². The largest absolute Gasteiger partial charge is 0.439 e. The van der Waals surface area contributed by atoms with Gasteiger partial charge in [0.05, 0.1) is 21.9 Å². The van der Waals surface area contributed by atoms with E-state index in [1.165, 1.54) is 54.8 Å². The van der Waals surface area contributed by atoms with Gasteiger partial charge in [-0.3, -0.25) is 4.57 Å². The van der Waals surface area contributed by atoms with Crippen LogP contribution in [0.3, 0.4) is 0 Å². The molecular formula is C42H26N2O. The van der Waals surface area contributed by atoms with Crippen molar-refractivity contribution in [1.82, 2.24) is 9.13 Å². The summed E-state index contributed by atoms with van der Waals surface area (Å²) in [5.74, 6) is 0. The van der Waals surface area contributed by atoms with Crippen LogP contribution in [-0.2, 0) is 0 Å². The van der Waals surface area contributed by atoms with Crippen LogP contribution in [0.4, 0.5) is 0 Å². The Bertz CT molecular complexity index is 2710. The maximum absolute atomic E-state index is 6.55. The fourth-order valence-corrected chi connectivity index (χ4v) is 7.34.